The topological polar surface area (TPSA) is 83.9 Å². The van der Waals surface area contributed by atoms with E-state index in [4.69, 9.17) is 4.74 Å². The summed E-state index contributed by atoms with van der Waals surface area (Å²) in [5, 5.41) is 9.21. The molecule has 0 aromatic carbocycles. The van der Waals surface area contributed by atoms with Crippen LogP contribution in [0.5, 0.6) is 0 Å². The highest BCUT2D eigenvalue weighted by Crippen LogP contribution is 2.34. The first-order valence-electron chi connectivity index (χ1n) is 5.80. The molecular weight excluding hydrogens is 370 g/mol. The molecule has 2 rings (SSSR count). The van der Waals surface area contributed by atoms with Gasteiger partial charge in [0.2, 0.25) is 10.0 Å². The number of ether oxygens (including phenoxy) is 1. The maximum atomic E-state index is 12.6. The monoisotopic (exact) mass is 383 g/mol. The number of nitrogens with zero attached hydrogens (tertiary/aromatic N) is 1. The minimum atomic E-state index is -3.83. The van der Waals surface area contributed by atoms with E-state index in [1.807, 2.05) is 0 Å². The predicted molar refractivity (Wildman–Crippen MR) is 77.5 cm³/mol. The van der Waals surface area contributed by atoms with Crippen LogP contribution in [-0.4, -0.2) is 49.6 Å². The van der Waals surface area contributed by atoms with E-state index in [9.17, 15) is 18.3 Å². The Bertz CT molecular complexity index is 627. The number of hydrogen-bond donors (Lipinski definition) is 1. The Balaban J connectivity index is 2.42. The zero-order chi connectivity index (χ0) is 15.1. The fourth-order valence-electron chi connectivity index (χ4n) is 2.24. The van der Waals surface area contributed by atoms with Gasteiger partial charge in [-0.15, -0.1) is 11.3 Å². The van der Waals surface area contributed by atoms with Crippen LogP contribution in [0.2, 0.25) is 0 Å². The number of hydrogen-bond acceptors (Lipinski definition) is 5. The molecule has 1 aromatic heterocycles. The van der Waals surface area contributed by atoms with Gasteiger partial charge in [0.1, 0.15) is 6.04 Å². The van der Waals surface area contributed by atoms with Crippen molar-refractivity contribution in [3.63, 3.8) is 0 Å². The third kappa shape index (κ3) is 2.77. The second-order valence-corrected chi connectivity index (χ2v) is 8.99. The number of halogens is 1. The highest BCUT2D eigenvalue weighted by Gasteiger charge is 2.44. The first kappa shape index (κ1) is 15.9. The molecule has 2 atom stereocenters. The predicted octanol–water partition coefficient (Wildman–Crippen LogP) is 1.68. The molecule has 0 spiro atoms. The minimum Gasteiger partial charge on any atom is -0.480 e. The first-order chi connectivity index (χ1) is 9.27. The van der Waals surface area contributed by atoms with E-state index in [1.54, 1.807) is 6.92 Å². The zero-order valence-corrected chi connectivity index (χ0v) is 14.1. The number of thiophene rings is 1. The Kier molecular flexibility index (Phi) is 4.55. The van der Waals surface area contributed by atoms with E-state index in [2.05, 4.69) is 15.9 Å². The number of methoxy groups -OCH3 is 1. The quantitative estimate of drug-likeness (QED) is 0.854. The Hall–Kier alpha value is -0.480. The molecular formula is C11H14BrNO5S2. The summed E-state index contributed by atoms with van der Waals surface area (Å²) in [5.41, 5.74) is 0. The second kappa shape index (κ2) is 5.72. The highest BCUT2D eigenvalue weighted by molar-refractivity contribution is 9.11. The SMILES string of the molecule is COC1CC(C(=O)O)N(S(=O)(=O)c2cc(Br)sc2C)C1. The van der Waals surface area contributed by atoms with Crippen LogP contribution in [0.15, 0.2) is 14.7 Å². The molecule has 1 aromatic rings. The molecule has 1 N–H and O–H groups in total. The van der Waals surface area contributed by atoms with Crippen LogP contribution in [0.4, 0.5) is 0 Å². The summed E-state index contributed by atoms with van der Waals surface area (Å²) in [6.07, 6.45) is -0.233. The molecule has 0 bridgehead atoms. The molecule has 2 unspecified atom stereocenters. The summed E-state index contributed by atoms with van der Waals surface area (Å²) in [7, 11) is -2.38. The average molecular weight is 384 g/mol. The molecule has 0 aliphatic carbocycles. The lowest BCUT2D eigenvalue weighted by atomic mass is 10.2. The van der Waals surface area contributed by atoms with Crippen molar-refractivity contribution in [3.05, 3.63) is 14.7 Å². The molecule has 2 heterocycles. The van der Waals surface area contributed by atoms with Gasteiger partial charge in [-0.05, 0) is 28.9 Å². The number of sulfonamides is 1. The number of aryl methyl sites for hydroxylation is 1. The Labute approximate surface area is 129 Å². The van der Waals surface area contributed by atoms with Crippen LogP contribution in [0, 0.1) is 6.92 Å². The number of carbonyl (C=O) groups is 1. The van der Waals surface area contributed by atoms with Gasteiger partial charge in [-0.1, -0.05) is 0 Å². The zero-order valence-electron chi connectivity index (χ0n) is 10.9. The number of aliphatic carboxylic acids is 1. The molecule has 112 valence electrons. The summed E-state index contributed by atoms with van der Waals surface area (Å²) in [4.78, 5) is 12.1. The molecule has 1 fully saturated rings. The van der Waals surface area contributed by atoms with Gasteiger partial charge < -0.3 is 9.84 Å². The summed E-state index contributed by atoms with van der Waals surface area (Å²) >= 11 is 4.55. The summed E-state index contributed by atoms with van der Waals surface area (Å²) in [6, 6.07) is 0.428. The molecule has 1 aliphatic heterocycles. The van der Waals surface area contributed by atoms with E-state index in [-0.39, 0.29) is 17.9 Å². The van der Waals surface area contributed by atoms with Gasteiger partial charge in [0.15, 0.2) is 0 Å². The smallest absolute Gasteiger partial charge is 0.322 e. The van der Waals surface area contributed by atoms with Gasteiger partial charge in [0.05, 0.1) is 14.8 Å². The van der Waals surface area contributed by atoms with E-state index in [0.29, 0.717) is 8.66 Å². The lowest BCUT2D eigenvalue weighted by molar-refractivity contribution is -0.140. The molecule has 0 amide bonds. The largest absolute Gasteiger partial charge is 0.480 e. The molecule has 1 saturated heterocycles. The van der Waals surface area contributed by atoms with Gasteiger partial charge in [-0.25, -0.2) is 8.42 Å². The van der Waals surface area contributed by atoms with Crippen molar-refractivity contribution in [2.75, 3.05) is 13.7 Å². The van der Waals surface area contributed by atoms with Gasteiger partial charge in [0.25, 0.3) is 0 Å². The van der Waals surface area contributed by atoms with E-state index >= 15 is 0 Å². The lowest BCUT2D eigenvalue weighted by Gasteiger charge is -2.20. The maximum absolute atomic E-state index is 12.6. The fourth-order valence-corrected chi connectivity index (χ4v) is 6.25. The number of carboxylic acids is 1. The van der Waals surface area contributed by atoms with E-state index in [0.717, 1.165) is 4.31 Å². The van der Waals surface area contributed by atoms with Gasteiger partial charge in [-0.2, -0.15) is 4.31 Å². The Morgan fingerprint density at radius 2 is 2.25 bits per heavy atom. The van der Waals surface area contributed by atoms with Crippen LogP contribution in [0.25, 0.3) is 0 Å². The van der Waals surface area contributed by atoms with Crippen molar-refractivity contribution in [1.29, 1.82) is 0 Å². The third-order valence-corrected chi connectivity index (χ3v) is 6.95. The lowest BCUT2D eigenvalue weighted by Crippen LogP contribution is -2.40. The summed E-state index contributed by atoms with van der Waals surface area (Å²) in [6.45, 7) is 1.75. The van der Waals surface area contributed by atoms with Crippen molar-refractivity contribution < 1.29 is 23.1 Å². The van der Waals surface area contributed by atoms with Gasteiger partial charge in [0, 0.05) is 25.0 Å². The van der Waals surface area contributed by atoms with Crippen molar-refractivity contribution in [3.8, 4) is 0 Å². The third-order valence-electron chi connectivity index (χ3n) is 3.26. The van der Waals surface area contributed by atoms with Crippen LogP contribution in [-0.2, 0) is 19.6 Å². The van der Waals surface area contributed by atoms with Crippen molar-refractivity contribution >= 4 is 43.3 Å². The second-order valence-electron chi connectivity index (χ2n) is 4.49. The van der Waals surface area contributed by atoms with Crippen LogP contribution < -0.4 is 0 Å². The van der Waals surface area contributed by atoms with Crippen molar-refractivity contribution in [2.45, 2.75) is 30.4 Å². The Morgan fingerprint density at radius 1 is 1.60 bits per heavy atom. The fraction of sp³-hybridized carbons (Fsp3) is 0.545. The molecule has 9 heteroatoms. The molecule has 0 saturated carbocycles. The van der Waals surface area contributed by atoms with Crippen LogP contribution >= 0.6 is 27.3 Å². The van der Waals surface area contributed by atoms with Crippen LogP contribution in [0.3, 0.4) is 0 Å². The average Bonchev–Trinajstić information content (AvgIpc) is 2.93. The summed E-state index contributed by atoms with van der Waals surface area (Å²) < 4.78 is 32.1. The van der Waals surface area contributed by atoms with Crippen molar-refractivity contribution in [2.24, 2.45) is 0 Å². The maximum Gasteiger partial charge on any atom is 0.322 e. The molecule has 6 nitrogen and oxygen atoms in total. The normalized spacial score (nSPS) is 24.1. The van der Waals surface area contributed by atoms with Gasteiger partial charge in [-0.3, -0.25) is 4.79 Å². The Morgan fingerprint density at radius 3 is 2.70 bits per heavy atom. The van der Waals surface area contributed by atoms with Crippen molar-refractivity contribution in [1.82, 2.24) is 4.31 Å². The number of rotatable bonds is 4. The first-order valence-corrected chi connectivity index (χ1v) is 8.85. The molecule has 1 aliphatic rings. The minimum absolute atomic E-state index is 0.0582. The highest BCUT2D eigenvalue weighted by atomic mass is 79.9. The molecule has 20 heavy (non-hydrogen) atoms. The molecule has 0 radical (unpaired) electrons. The number of carboxylic acid groups (broad SMARTS) is 1. The van der Waals surface area contributed by atoms with Gasteiger partial charge >= 0.3 is 5.97 Å². The van der Waals surface area contributed by atoms with E-state index < -0.39 is 28.1 Å². The van der Waals surface area contributed by atoms with E-state index in [1.165, 1.54) is 24.5 Å². The van der Waals surface area contributed by atoms with Crippen LogP contribution in [0.1, 0.15) is 11.3 Å². The standard InChI is InChI=1S/C11H14BrNO5S2/c1-6-9(4-10(12)19-6)20(16,17)13-5-7(18-2)3-8(13)11(14)15/h4,7-8H,3,5H2,1-2H3,(H,14,15). The summed E-state index contributed by atoms with van der Waals surface area (Å²) in [5.74, 6) is -1.15.